The first-order chi connectivity index (χ1) is 12.5. The summed E-state index contributed by atoms with van der Waals surface area (Å²) < 4.78 is 0. The van der Waals surface area contributed by atoms with Crippen LogP contribution in [-0.4, -0.2) is 37.4 Å². The van der Waals surface area contributed by atoms with Crippen molar-refractivity contribution >= 4 is 17.5 Å². The lowest BCUT2D eigenvalue weighted by Crippen LogP contribution is -2.26. The zero-order valence-corrected chi connectivity index (χ0v) is 15.6. The van der Waals surface area contributed by atoms with Crippen molar-refractivity contribution in [1.29, 1.82) is 0 Å². The largest absolute Gasteiger partial charge is 0.348 e. The van der Waals surface area contributed by atoms with Gasteiger partial charge >= 0.3 is 0 Å². The second-order valence-corrected chi connectivity index (χ2v) is 6.95. The molecule has 0 aliphatic carbocycles. The van der Waals surface area contributed by atoms with Gasteiger partial charge in [-0.3, -0.25) is 9.59 Å². The van der Waals surface area contributed by atoms with Crippen LogP contribution >= 0.6 is 0 Å². The van der Waals surface area contributed by atoms with Crippen LogP contribution in [0.4, 0.5) is 5.69 Å². The summed E-state index contributed by atoms with van der Waals surface area (Å²) in [6.07, 6.45) is 0.793. The van der Waals surface area contributed by atoms with Gasteiger partial charge in [0, 0.05) is 37.8 Å². The Labute approximate surface area is 154 Å². The van der Waals surface area contributed by atoms with Crippen molar-refractivity contribution in [2.75, 3.05) is 25.5 Å². The van der Waals surface area contributed by atoms with Crippen LogP contribution in [0.25, 0.3) is 0 Å². The molecular weight excluding hydrogens is 326 g/mol. The van der Waals surface area contributed by atoms with E-state index in [1.165, 1.54) is 5.56 Å². The molecule has 2 amide bonds. The molecule has 1 aliphatic heterocycles. The topological polar surface area (TPSA) is 52.7 Å². The highest BCUT2D eigenvalue weighted by Crippen LogP contribution is 2.28. The highest BCUT2D eigenvalue weighted by atomic mass is 16.2. The van der Waals surface area contributed by atoms with Crippen LogP contribution in [0.3, 0.4) is 0 Å². The lowest BCUT2D eigenvalue weighted by Gasteiger charge is -2.16. The SMILES string of the molecule is CC(=O)N1CCc2cc(C(=O)NCc3ccccc3CN(C)C)ccc21. The first-order valence-electron chi connectivity index (χ1n) is 8.86. The molecule has 0 unspecified atom stereocenters. The van der Waals surface area contributed by atoms with E-state index in [1.807, 2.05) is 44.4 Å². The Morgan fingerprint density at radius 3 is 2.54 bits per heavy atom. The smallest absolute Gasteiger partial charge is 0.251 e. The number of nitrogens with one attached hydrogen (secondary N) is 1. The molecule has 1 N–H and O–H groups in total. The average Bonchev–Trinajstić information content (AvgIpc) is 3.03. The second-order valence-electron chi connectivity index (χ2n) is 6.95. The van der Waals surface area contributed by atoms with Gasteiger partial charge in [0.25, 0.3) is 5.91 Å². The number of amides is 2. The predicted octanol–water partition coefficient (Wildman–Crippen LogP) is 2.59. The summed E-state index contributed by atoms with van der Waals surface area (Å²) >= 11 is 0. The molecule has 0 saturated carbocycles. The molecule has 1 aliphatic rings. The Bertz CT molecular complexity index is 830. The van der Waals surface area contributed by atoms with Gasteiger partial charge in [0.15, 0.2) is 0 Å². The van der Waals surface area contributed by atoms with Gasteiger partial charge in [-0.25, -0.2) is 0 Å². The maximum absolute atomic E-state index is 12.6. The van der Waals surface area contributed by atoms with Crippen LogP contribution in [0.15, 0.2) is 42.5 Å². The van der Waals surface area contributed by atoms with E-state index < -0.39 is 0 Å². The Morgan fingerprint density at radius 2 is 1.85 bits per heavy atom. The van der Waals surface area contributed by atoms with E-state index in [-0.39, 0.29) is 11.8 Å². The normalized spacial score (nSPS) is 13.0. The zero-order valence-electron chi connectivity index (χ0n) is 15.6. The molecular formula is C21H25N3O2. The van der Waals surface area contributed by atoms with E-state index in [0.29, 0.717) is 18.7 Å². The van der Waals surface area contributed by atoms with Crippen molar-refractivity contribution in [2.24, 2.45) is 0 Å². The average molecular weight is 351 g/mol. The van der Waals surface area contributed by atoms with Gasteiger partial charge in [0.1, 0.15) is 0 Å². The lowest BCUT2D eigenvalue weighted by atomic mass is 10.1. The predicted molar refractivity (Wildman–Crippen MR) is 103 cm³/mol. The van der Waals surface area contributed by atoms with Crippen molar-refractivity contribution in [3.63, 3.8) is 0 Å². The fraction of sp³-hybridized carbons (Fsp3) is 0.333. The molecule has 0 radical (unpaired) electrons. The number of hydrogen-bond acceptors (Lipinski definition) is 3. The molecule has 5 nitrogen and oxygen atoms in total. The number of rotatable bonds is 5. The molecule has 2 aromatic rings. The summed E-state index contributed by atoms with van der Waals surface area (Å²) in [5.74, 6) is -0.0489. The van der Waals surface area contributed by atoms with Crippen LogP contribution in [0.5, 0.6) is 0 Å². The Morgan fingerprint density at radius 1 is 1.12 bits per heavy atom. The molecule has 0 atom stereocenters. The number of carbonyl (C=O) groups excluding carboxylic acids is 2. The molecule has 0 bridgehead atoms. The number of fused-ring (bicyclic) bond motifs is 1. The maximum Gasteiger partial charge on any atom is 0.251 e. The van der Waals surface area contributed by atoms with Crippen molar-refractivity contribution in [3.8, 4) is 0 Å². The summed E-state index contributed by atoms with van der Waals surface area (Å²) in [6.45, 7) is 3.60. The van der Waals surface area contributed by atoms with Gasteiger partial charge < -0.3 is 15.1 Å². The Hall–Kier alpha value is -2.66. The third kappa shape index (κ3) is 3.94. The van der Waals surface area contributed by atoms with Gasteiger partial charge in [0.05, 0.1) is 0 Å². The first-order valence-corrected chi connectivity index (χ1v) is 8.86. The van der Waals surface area contributed by atoms with Gasteiger partial charge in [-0.1, -0.05) is 24.3 Å². The molecule has 0 saturated heterocycles. The first kappa shape index (κ1) is 18.1. The van der Waals surface area contributed by atoms with Crippen molar-refractivity contribution in [2.45, 2.75) is 26.4 Å². The van der Waals surface area contributed by atoms with E-state index in [2.05, 4.69) is 16.3 Å². The fourth-order valence-corrected chi connectivity index (χ4v) is 3.37. The molecule has 2 aromatic carbocycles. The minimum atomic E-state index is -0.0891. The summed E-state index contributed by atoms with van der Waals surface area (Å²) in [4.78, 5) is 28.1. The van der Waals surface area contributed by atoms with Crippen LogP contribution in [-0.2, 0) is 24.3 Å². The standard InChI is InChI=1S/C21H25N3O2/c1-15(25)24-11-10-16-12-17(8-9-20(16)24)21(26)22-13-18-6-4-5-7-19(18)14-23(2)3/h4-9,12H,10-11,13-14H2,1-3H3,(H,22,26). The van der Waals surface area contributed by atoms with E-state index in [1.54, 1.807) is 17.9 Å². The molecule has 1 heterocycles. The lowest BCUT2D eigenvalue weighted by molar-refractivity contribution is -0.116. The second kappa shape index (κ2) is 7.70. The Balaban J connectivity index is 1.69. The van der Waals surface area contributed by atoms with E-state index in [0.717, 1.165) is 29.8 Å². The highest BCUT2D eigenvalue weighted by molar-refractivity contribution is 5.97. The van der Waals surface area contributed by atoms with Gasteiger partial charge in [0.2, 0.25) is 5.91 Å². The quantitative estimate of drug-likeness (QED) is 0.901. The number of carbonyl (C=O) groups is 2. The monoisotopic (exact) mass is 351 g/mol. The minimum Gasteiger partial charge on any atom is -0.348 e. The van der Waals surface area contributed by atoms with Gasteiger partial charge in [-0.05, 0) is 55.4 Å². The summed E-state index contributed by atoms with van der Waals surface area (Å²) in [5, 5.41) is 3.02. The molecule has 3 rings (SSSR count). The zero-order chi connectivity index (χ0) is 18.7. The molecule has 0 aromatic heterocycles. The Kier molecular flexibility index (Phi) is 5.38. The van der Waals surface area contributed by atoms with Crippen LogP contribution in [0, 0.1) is 0 Å². The van der Waals surface area contributed by atoms with E-state index >= 15 is 0 Å². The summed E-state index contributed by atoms with van der Waals surface area (Å²) in [7, 11) is 4.06. The third-order valence-electron chi connectivity index (χ3n) is 4.66. The van der Waals surface area contributed by atoms with Crippen LogP contribution < -0.4 is 10.2 Å². The number of nitrogens with zero attached hydrogens (tertiary/aromatic N) is 2. The van der Waals surface area contributed by atoms with Crippen molar-refractivity contribution in [1.82, 2.24) is 10.2 Å². The van der Waals surface area contributed by atoms with E-state index in [4.69, 9.17) is 0 Å². The molecule has 0 spiro atoms. The van der Waals surface area contributed by atoms with Crippen molar-refractivity contribution < 1.29 is 9.59 Å². The van der Waals surface area contributed by atoms with Crippen LogP contribution in [0.2, 0.25) is 0 Å². The summed E-state index contributed by atoms with van der Waals surface area (Å²) in [5.41, 5.74) is 4.95. The minimum absolute atomic E-state index is 0.0402. The number of anilines is 1. The van der Waals surface area contributed by atoms with Gasteiger partial charge in [-0.2, -0.15) is 0 Å². The molecule has 136 valence electrons. The van der Waals surface area contributed by atoms with E-state index in [9.17, 15) is 9.59 Å². The molecule has 26 heavy (non-hydrogen) atoms. The highest BCUT2D eigenvalue weighted by Gasteiger charge is 2.23. The third-order valence-corrected chi connectivity index (χ3v) is 4.66. The van der Waals surface area contributed by atoms with Gasteiger partial charge in [-0.15, -0.1) is 0 Å². The van der Waals surface area contributed by atoms with Crippen molar-refractivity contribution in [3.05, 3.63) is 64.7 Å². The maximum atomic E-state index is 12.6. The summed E-state index contributed by atoms with van der Waals surface area (Å²) in [6, 6.07) is 13.7. The molecule has 0 fully saturated rings. The van der Waals surface area contributed by atoms with Crippen LogP contribution in [0.1, 0.15) is 34.0 Å². The number of hydrogen-bond donors (Lipinski definition) is 1. The fourth-order valence-electron chi connectivity index (χ4n) is 3.37. The molecule has 5 heteroatoms. The number of benzene rings is 2.